The number of hydrogen-bond donors (Lipinski definition) is 0. The minimum atomic E-state index is -0.00129. The number of likely N-dealkylation sites (N-methyl/N-ethyl adjacent to an activating group) is 1. The highest BCUT2D eigenvalue weighted by Crippen LogP contribution is 2.37. The van der Waals surface area contributed by atoms with E-state index in [1.165, 1.54) is 11.8 Å². The topological polar surface area (TPSA) is 51.1 Å². The molecular weight excluding hydrogens is 463 g/mol. The van der Waals surface area contributed by atoms with Crippen LogP contribution in [0.15, 0.2) is 22.0 Å². The number of methoxy groups -OCH3 is 1. The molecule has 1 amide bonds. The fourth-order valence-corrected chi connectivity index (χ4v) is 4.27. The number of ether oxygens (including phenoxy) is 2. The van der Waals surface area contributed by atoms with Gasteiger partial charge in [-0.25, -0.2) is 0 Å². The minimum Gasteiger partial charge on any atom is -0.493 e. The Balaban J connectivity index is 2.38. The predicted octanol–water partition coefficient (Wildman–Crippen LogP) is 4.79. The van der Waals surface area contributed by atoms with Crippen LogP contribution in [0.2, 0.25) is 0 Å². The third-order valence-corrected chi connectivity index (χ3v) is 5.79. The third kappa shape index (κ3) is 4.73. The zero-order chi connectivity index (χ0) is 19.3. The van der Waals surface area contributed by atoms with Gasteiger partial charge in [0, 0.05) is 13.1 Å². The van der Waals surface area contributed by atoms with Crippen molar-refractivity contribution in [1.82, 2.24) is 4.90 Å². The molecule has 7 heteroatoms. The SMILES string of the molecule is CCN=C1S/C(=C/c2cc(I)c(O[C@H](C)CC)c(OC)c2)C(=O)N1CC. The number of carbonyl (C=O) groups is 1. The van der Waals surface area contributed by atoms with Crippen LogP contribution in [0.3, 0.4) is 0 Å². The molecule has 0 bridgehead atoms. The van der Waals surface area contributed by atoms with Crippen LogP contribution in [-0.2, 0) is 4.79 Å². The molecule has 1 heterocycles. The second kappa shape index (κ2) is 9.64. The van der Waals surface area contributed by atoms with E-state index in [1.54, 1.807) is 12.0 Å². The average Bonchev–Trinajstić information content (AvgIpc) is 2.91. The van der Waals surface area contributed by atoms with Gasteiger partial charge in [0.15, 0.2) is 16.7 Å². The molecule has 1 fully saturated rings. The highest BCUT2D eigenvalue weighted by molar-refractivity contribution is 14.1. The van der Waals surface area contributed by atoms with Crippen molar-refractivity contribution in [3.05, 3.63) is 26.2 Å². The predicted molar refractivity (Wildman–Crippen MR) is 117 cm³/mol. The van der Waals surface area contributed by atoms with E-state index in [2.05, 4.69) is 34.5 Å². The fraction of sp³-hybridized carbons (Fsp3) is 0.474. The van der Waals surface area contributed by atoms with Crippen LogP contribution in [0.5, 0.6) is 11.5 Å². The molecule has 0 aliphatic carbocycles. The summed E-state index contributed by atoms with van der Waals surface area (Å²) in [5.74, 6) is 1.42. The molecule has 0 N–H and O–H groups in total. The number of amidine groups is 1. The van der Waals surface area contributed by atoms with Gasteiger partial charge in [-0.2, -0.15) is 0 Å². The van der Waals surface area contributed by atoms with Gasteiger partial charge >= 0.3 is 0 Å². The summed E-state index contributed by atoms with van der Waals surface area (Å²) in [6.45, 7) is 9.32. The van der Waals surface area contributed by atoms with Gasteiger partial charge in [-0.1, -0.05) is 6.92 Å². The molecule has 1 aliphatic rings. The smallest absolute Gasteiger partial charge is 0.266 e. The first-order valence-electron chi connectivity index (χ1n) is 8.75. The molecule has 0 aromatic heterocycles. The second-order valence-electron chi connectivity index (χ2n) is 5.79. The molecule has 0 unspecified atom stereocenters. The summed E-state index contributed by atoms with van der Waals surface area (Å²) in [6.07, 6.45) is 2.92. The van der Waals surface area contributed by atoms with Gasteiger partial charge in [0.05, 0.1) is 21.7 Å². The summed E-state index contributed by atoms with van der Waals surface area (Å²) in [6, 6.07) is 3.92. The Morgan fingerprint density at radius 2 is 2.08 bits per heavy atom. The van der Waals surface area contributed by atoms with E-state index in [0.29, 0.717) is 23.7 Å². The normalized spacial score (nSPS) is 18.7. The zero-order valence-corrected chi connectivity index (χ0v) is 18.8. The molecule has 0 spiro atoms. The van der Waals surface area contributed by atoms with Crippen LogP contribution in [-0.4, -0.2) is 42.3 Å². The molecule has 0 saturated carbocycles. The first kappa shape index (κ1) is 21.1. The molecule has 142 valence electrons. The van der Waals surface area contributed by atoms with Gasteiger partial charge in [0.2, 0.25) is 0 Å². The van der Waals surface area contributed by atoms with E-state index in [0.717, 1.165) is 26.5 Å². The number of amides is 1. The van der Waals surface area contributed by atoms with Crippen LogP contribution < -0.4 is 9.47 Å². The van der Waals surface area contributed by atoms with Crippen molar-refractivity contribution in [3.8, 4) is 11.5 Å². The highest BCUT2D eigenvalue weighted by Gasteiger charge is 2.31. The summed E-state index contributed by atoms with van der Waals surface area (Å²) in [5.41, 5.74) is 0.910. The maximum atomic E-state index is 12.6. The summed E-state index contributed by atoms with van der Waals surface area (Å²) in [5, 5.41) is 0.768. The van der Waals surface area contributed by atoms with Crippen molar-refractivity contribution in [1.29, 1.82) is 0 Å². The first-order valence-corrected chi connectivity index (χ1v) is 10.6. The van der Waals surface area contributed by atoms with Crippen molar-refractivity contribution in [2.24, 2.45) is 4.99 Å². The molecule has 0 radical (unpaired) electrons. The van der Waals surface area contributed by atoms with E-state index in [9.17, 15) is 4.79 Å². The number of nitrogens with zero attached hydrogens (tertiary/aromatic N) is 2. The monoisotopic (exact) mass is 488 g/mol. The Bertz CT molecular complexity index is 734. The van der Waals surface area contributed by atoms with Crippen molar-refractivity contribution >= 4 is 51.5 Å². The van der Waals surface area contributed by atoms with Crippen LogP contribution in [0.1, 0.15) is 39.7 Å². The Hall–Kier alpha value is -1.22. The lowest BCUT2D eigenvalue weighted by atomic mass is 10.1. The van der Waals surface area contributed by atoms with Crippen molar-refractivity contribution in [2.75, 3.05) is 20.2 Å². The molecule has 1 saturated heterocycles. The lowest BCUT2D eigenvalue weighted by Gasteiger charge is -2.17. The molecule has 5 nitrogen and oxygen atoms in total. The average molecular weight is 488 g/mol. The van der Waals surface area contributed by atoms with Crippen LogP contribution in [0.4, 0.5) is 0 Å². The van der Waals surface area contributed by atoms with E-state index < -0.39 is 0 Å². The van der Waals surface area contributed by atoms with Gasteiger partial charge in [0.25, 0.3) is 5.91 Å². The summed E-state index contributed by atoms with van der Waals surface area (Å²) in [7, 11) is 1.63. The van der Waals surface area contributed by atoms with Crippen molar-refractivity contribution in [2.45, 2.75) is 40.2 Å². The van der Waals surface area contributed by atoms with Crippen molar-refractivity contribution in [3.63, 3.8) is 0 Å². The van der Waals surface area contributed by atoms with Gasteiger partial charge in [0.1, 0.15) is 0 Å². The Morgan fingerprint density at radius 3 is 2.65 bits per heavy atom. The Labute approximate surface area is 173 Å². The third-order valence-electron chi connectivity index (χ3n) is 3.94. The fourth-order valence-electron chi connectivity index (χ4n) is 2.41. The number of hydrogen-bond acceptors (Lipinski definition) is 5. The van der Waals surface area contributed by atoms with Gasteiger partial charge in [-0.15, -0.1) is 0 Å². The van der Waals surface area contributed by atoms with Crippen LogP contribution in [0.25, 0.3) is 6.08 Å². The Morgan fingerprint density at radius 1 is 1.35 bits per heavy atom. The Kier molecular flexibility index (Phi) is 7.82. The van der Waals surface area contributed by atoms with Crippen LogP contribution in [0, 0.1) is 3.57 Å². The quantitative estimate of drug-likeness (QED) is 0.409. The van der Waals surface area contributed by atoms with E-state index in [4.69, 9.17) is 9.47 Å². The minimum absolute atomic E-state index is 0.00129. The zero-order valence-electron chi connectivity index (χ0n) is 15.8. The number of thioether (sulfide) groups is 1. The van der Waals surface area contributed by atoms with E-state index in [-0.39, 0.29) is 12.0 Å². The lowest BCUT2D eigenvalue weighted by molar-refractivity contribution is -0.122. The van der Waals surface area contributed by atoms with Gasteiger partial charge in [-0.3, -0.25) is 14.7 Å². The molecule has 2 rings (SSSR count). The number of rotatable bonds is 7. The second-order valence-corrected chi connectivity index (χ2v) is 7.96. The molecule has 1 aromatic rings. The van der Waals surface area contributed by atoms with Crippen LogP contribution >= 0.6 is 34.4 Å². The van der Waals surface area contributed by atoms with Gasteiger partial charge < -0.3 is 9.47 Å². The standard InChI is InChI=1S/C19H25IN2O3S/c1-6-12(4)25-17-14(20)9-13(10-15(17)24-5)11-16-18(23)22(8-3)19(26-16)21-7-2/h9-12H,6-8H2,1-5H3/b16-11+,21-19?/t12-/m1/s1. The van der Waals surface area contributed by atoms with Gasteiger partial charge in [-0.05, 0) is 85.3 Å². The van der Waals surface area contributed by atoms with Crippen molar-refractivity contribution < 1.29 is 14.3 Å². The molecule has 1 aliphatic heterocycles. The largest absolute Gasteiger partial charge is 0.493 e. The molecule has 1 atom stereocenters. The summed E-state index contributed by atoms with van der Waals surface area (Å²) in [4.78, 5) is 19.4. The van der Waals surface area contributed by atoms with E-state index in [1.807, 2.05) is 39.0 Å². The van der Waals surface area contributed by atoms with E-state index >= 15 is 0 Å². The maximum Gasteiger partial charge on any atom is 0.266 e. The number of benzene rings is 1. The molecular formula is C19H25IN2O3S. The first-order chi connectivity index (χ1) is 12.4. The summed E-state index contributed by atoms with van der Waals surface area (Å²) < 4.78 is 12.5. The molecule has 1 aromatic carbocycles. The molecule has 26 heavy (non-hydrogen) atoms. The lowest BCUT2D eigenvalue weighted by Crippen LogP contribution is -2.28. The number of aliphatic imine (C=N–C) groups is 1. The number of carbonyl (C=O) groups excluding carboxylic acids is 1. The number of halogens is 1. The highest BCUT2D eigenvalue weighted by atomic mass is 127. The maximum absolute atomic E-state index is 12.6. The summed E-state index contributed by atoms with van der Waals surface area (Å²) >= 11 is 3.67.